The van der Waals surface area contributed by atoms with Crippen molar-refractivity contribution in [3.8, 4) is 11.5 Å². The Hall–Kier alpha value is -2.23. The highest BCUT2D eigenvalue weighted by Crippen LogP contribution is 2.16. The zero-order valence-electron chi connectivity index (χ0n) is 10.3. The highest BCUT2D eigenvalue weighted by atomic mass is 16.5. The molecule has 94 valence electrons. The highest BCUT2D eigenvalue weighted by Gasteiger charge is 1.97. The summed E-state index contributed by atoms with van der Waals surface area (Å²) in [6, 6.07) is 11.2. The van der Waals surface area contributed by atoms with E-state index in [-0.39, 0.29) is 5.75 Å². The molecule has 0 spiro atoms. The second-order valence-corrected chi connectivity index (χ2v) is 3.82. The van der Waals surface area contributed by atoms with E-state index in [1.807, 2.05) is 31.2 Å². The summed E-state index contributed by atoms with van der Waals surface area (Å²) in [7, 11) is 0. The molecule has 18 heavy (non-hydrogen) atoms. The smallest absolute Gasteiger partial charge is 0.133 e. The van der Waals surface area contributed by atoms with Crippen LogP contribution in [0.1, 0.15) is 12.6 Å². The fraction of sp³-hybridized carbons (Fsp3) is 0.214. The Morgan fingerprint density at radius 1 is 1.17 bits per heavy atom. The number of aromatic nitrogens is 1. The second kappa shape index (κ2) is 5.91. The minimum atomic E-state index is 0.180. The zero-order chi connectivity index (χ0) is 12.8. The van der Waals surface area contributed by atoms with E-state index in [0.717, 1.165) is 17.1 Å². The molecule has 0 saturated carbocycles. The van der Waals surface area contributed by atoms with Gasteiger partial charge in [-0.3, -0.25) is 4.98 Å². The lowest BCUT2D eigenvalue weighted by atomic mass is 10.3. The standard InChI is InChI=1S/C14H16N2O2/c1-2-18-14-7-4-11(5-8-14)15-9-12-3-6-13(17)10-16-12/h3-8,10,15,17H,2,9H2,1H3. The molecule has 0 radical (unpaired) electrons. The third-order valence-electron chi connectivity index (χ3n) is 2.45. The van der Waals surface area contributed by atoms with Gasteiger partial charge in [0.05, 0.1) is 25.0 Å². The van der Waals surface area contributed by atoms with Crippen molar-refractivity contribution in [2.45, 2.75) is 13.5 Å². The highest BCUT2D eigenvalue weighted by molar-refractivity contribution is 5.46. The van der Waals surface area contributed by atoms with Crippen LogP contribution in [0.25, 0.3) is 0 Å². The molecule has 0 unspecified atom stereocenters. The van der Waals surface area contributed by atoms with Crippen molar-refractivity contribution in [2.75, 3.05) is 11.9 Å². The van der Waals surface area contributed by atoms with Gasteiger partial charge in [0, 0.05) is 5.69 Å². The largest absolute Gasteiger partial charge is 0.506 e. The van der Waals surface area contributed by atoms with Crippen molar-refractivity contribution in [1.82, 2.24) is 4.98 Å². The number of hydrogen-bond donors (Lipinski definition) is 2. The van der Waals surface area contributed by atoms with Crippen LogP contribution in [0, 0.1) is 0 Å². The molecule has 0 aliphatic carbocycles. The van der Waals surface area contributed by atoms with Crippen LogP contribution < -0.4 is 10.1 Å². The topological polar surface area (TPSA) is 54.4 Å². The minimum Gasteiger partial charge on any atom is -0.506 e. The van der Waals surface area contributed by atoms with Gasteiger partial charge >= 0.3 is 0 Å². The van der Waals surface area contributed by atoms with Crippen LogP contribution in [-0.2, 0) is 6.54 Å². The van der Waals surface area contributed by atoms with Gasteiger partial charge in [-0.2, -0.15) is 0 Å². The van der Waals surface area contributed by atoms with Crippen LogP contribution in [-0.4, -0.2) is 16.7 Å². The summed E-state index contributed by atoms with van der Waals surface area (Å²) < 4.78 is 5.37. The monoisotopic (exact) mass is 244 g/mol. The molecule has 2 aromatic rings. The van der Waals surface area contributed by atoms with Crippen LogP contribution in [0.5, 0.6) is 11.5 Å². The Bertz CT molecular complexity index is 480. The minimum absolute atomic E-state index is 0.180. The molecule has 0 saturated heterocycles. The number of ether oxygens (including phenoxy) is 1. The van der Waals surface area contributed by atoms with Crippen molar-refractivity contribution < 1.29 is 9.84 Å². The van der Waals surface area contributed by atoms with Gasteiger partial charge in [-0.1, -0.05) is 0 Å². The van der Waals surface area contributed by atoms with E-state index in [1.54, 1.807) is 12.1 Å². The fourth-order valence-corrected chi connectivity index (χ4v) is 1.55. The van der Waals surface area contributed by atoms with E-state index in [0.29, 0.717) is 13.2 Å². The molecular formula is C14H16N2O2. The third kappa shape index (κ3) is 3.38. The van der Waals surface area contributed by atoms with Gasteiger partial charge in [-0.25, -0.2) is 0 Å². The molecule has 0 aliphatic rings. The maximum Gasteiger partial charge on any atom is 0.133 e. The molecule has 0 aliphatic heterocycles. The normalized spacial score (nSPS) is 10.1. The molecule has 4 heteroatoms. The molecule has 0 bridgehead atoms. The molecule has 0 amide bonds. The Balaban J connectivity index is 1.91. The first-order valence-electron chi connectivity index (χ1n) is 5.88. The first-order valence-corrected chi connectivity index (χ1v) is 5.88. The molecule has 0 fully saturated rings. The summed E-state index contributed by atoms with van der Waals surface area (Å²) in [4.78, 5) is 4.10. The van der Waals surface area contributed by atoms with Crippen LogP contribution in [0.4, 0.5) is 5.69 Å². The molecule has 2 rings (SSSR count). The summed E-state index contributed by atoms with van der Waals surface area (Å²) in [5, 5.41) is 12.4. The summed E-state index contributed by atoms with van der Waals surface area (Å²) in [6.07, 6.45) is 1.44. The zero-order valence-corrected chi connectivity index (χ0v) is 10.3. The third-order valence-corrected chi connectivity index (χ3v) is 2.45. The lowest BCUT2D eigenvalue weighted by Crippen LogP contribution is -2.01. The molecule has 1 aromatic carbocycles. The predicted octanol–water partition coefficient (Wildman–Crippen LogP) is 2.80. The number of anilines is 1. The summed E-state index contributed by atoms with van der Waals surface area (Å²) >= 11 is 0. The number of nitrogens with zero attached hydrogens (tertiary/aromatic N) is 1. The van der Waals surface area contributed by atoms with E-state index in [2.05, 4.69) is 10.3 Å². The van der Waals surface area contributed by atoms with Crippen LogP contribution >= 0.6 is 0 Å². The van der Waals surface area contributed by atoms with E-state index in [4.69, 9.17) is 9.84 Å². The van der Waals surface area contributed by atoms with Gasteiger partial charge in [0.1, 0.15) is 11.5 Å². The average Bonchev–Trinajstić information content (AvgIpc) is 2.40. The van der Waals surface area contributed by atoms with E-state index < -0.39 is 0 Å². The van der Waals surface area contributed by atoms with Gasteiger partial charge in [0.25, 0.3) is 0 Å². The number of rotatable bonds is 5. The van der Waals surface area contributed by atoms with Gasteiger partial charge in [0.15, 0.2) is 0 Å². The van der Waals surface area contributed by atoms with Crippen molar-refractivity contribution in [3.05, 3.63) is 48.3 Å². The number of benzene rings is 1. The Labute approximate surface area is 106 Å². The van der Waals surface area contributed by atoms with E-state index in [9.17, 15) is 0 Å². The predicted molar refractivity (Wildman–Crippen MR) is 70.8 cm³/mol. The molecule has 2 N–H and O–H groups in total. The second-order valence-electron chi connectivity index (χ2n) is 3.82. The van der Waals surface area contributed by atoms with Crippen LogP contribution in [0.3, 0.4) is 0 Å². The summed E-state index contributed by atoms with van der Waals surface area (Å²) in [5.41, 5.74) is 1.88. The first-order chi connectivity index (χ1) is 8.78. The lowest BCUT2D eigenvalue weighted by Gasteiger charge is -2.07. The van der Waals surface area contributed by atoms with Crippen molar-refractivity contribution in [1.29, 1.82) is 0 Å². The lowest BCUT2D eigenvalue weighted by molar-refractivity contribution is 0.340. The van der Waals surface area contributed by atoms with Crippen LogP contribution in [0.2, 0.25) is 0 Å². The van der Waals surface area contributed by atoms with Crippen molar-refractivity contribution in [3.63, 3.8) is 0 Å². The number of hydrogen-bond acceptors (Lipinski definition) is 4. The average molecular weight is 244 g/mol. The van der Waals surface area contributed by atoms with E-state index >= 15 is 0 Å². The summed E-state index contributed by atoms with van der Waals surface area (Å²) in [5.74, 6) is 1.05. The van der Waals surface area contributed by atoms with Crippen molar-refractivity contribution >= 4 is 5.69 Å². The molecule has 1 aromatic heterocycles. The van der Waals surface area contributed by atoms with E-state index in [1.165, 1.54) is 6.20 Å². The molecular weight excluding hydrogens is 228 g/mol. The summed E-state index contributed by atoms with van der Waals surface area (Å²) in [6.45, 7) is 3.25. The number of aromatic hydroxyl groups is 1. The van der Waals surface area contributed by atoms with Crippen LogP contribution in [0.15, 0.2) is 42.6 Å². The Morgan fingerprint density at radius 2 is 1.94 bits per heavy atom. The quantitative estimate of drug-likeness (QED) is 0.849. The Morgan fingerprint density at radius 3 is 2.56 bits per heavy atom. The SMILES string of the molecule is CCOc1ccc(NCc2ccc(O)cn2)cc1. The van der Waals surface area contributed by atoms with Gasteiger partial charge in [0.2, 0.25) is 0 Å². The number of nitrogens with one attached hydrogen (secondary N) is 1. The van der Waals surface area contributed by atoms with Crippen molar-refractivity contribution in [2.24, 2.45) is 0 Å². The van der Waals surface area contributed by atoms with Gasteiger partial charge in [-0.15, -0.1) is 0 Å². The molecule has 4 nitrogen and oxygen atoms in total. The fourth-order valence-electron chi connectivity index (χ4n) is 1.55. The molecule has 1 heterocycles. The Kier molecular flexibility index (Phi) is 4.02. The van der Waals surface area contributed by atoms with Gasteiger partial charge < -0.3 is 15.2 Å². The maximum atomic E-state index is 9.13. The maximum absolute atomic E-state index is 9.13. The molecule has 0 atom stereocenters. The van der Waals surface area contributed by atoms with Gasteiger partial charge in [-0.05, 0) is 43.3 Å². The number of pyridine rings is 1. The first kappa shape index (κ1) is 12.2.